The van der Waals surface area contributed by atoms with Crippen molar-refractivity contribution >= 4 is 5.97 Å². The molecule has 0 aliphatic rings. The molecule has 0 fully saturated rings. The van der Waals surface area contributed by atoms with Crippen LogP contribution in [0.25, 0.3) is 0 Å². The van der Waals surface area contributed by atoms with Gasteiger partial charge in [0.05, 0.1) is 0 Å². The molecule has 0 atom stereocenters. The van der Waals surface area contributed by atoms with E-state index in [1.54, 1.807) is 12.1 Å². The van der Waals surface area contributed by atoms with Crippen molar-refractivity contribution in [2.24, 2.45) is 5.92 Å². The molecule has 0 saturated heterocycles. The van der Waals surface area contributed by atoms with E-state index in [0.717, 1.165) is 36.8 Å². The van der Waals surface area contributed by atoms with Crippen molar-refractivity contribution in [1.82, 2.24) is 0 Å². The highest BCUT2D eigenvalue weighted by Crippen LogP contribution is 2.33. The van der Waals surface area contributed by atoms with Crippen molar-refractivity contribution < 1.29 is 14.6 Å². The van der Waals surface area contributed by atoms with Crippen molar-refractivity contribution in [3.8, 4) is 11.5 Å². The first-order valence-corrected chi connectivity index (χ1v) is 10.1. The van der Waals surface area contributed by atoms with Gasteiger partial charge in [0.15, 0.2) is 0 Å². The van der Waals surface area contributed by atoms with Crippen LogP contribution in [0, 0.1) is 5.92 Å². The van der Waals surface area contributed by atoms with E-state index in [2.05, 4.69) is 34.3 Å². The molecule has 28 heavy (non-hydrogen) atoms. The van der Waals surface area contributed by atoms with Crippen LogP contribution >= 0.6 is 0 Å². The zero-order valence-corrected chi connectivity index (χ0v) is 17.5. The number of phenolic OH excluding ortho intramolecular Hbond substituents is 1. The Hall–Kier alpha value is -2.55. The summed E-state index contributed by atoms with van der Waals surface area (Å²) in [5, 5.41) is 9.51. The van der Waals surface area contributed by atoms with Gasteiger partial charge in [-0.25, -0.2) is 4.79 Å². The number of carbonyl (C=O) groups is 1. The summed E-state index contributed by atoms with van der Waals surface area (Å²) in [6.07, 6.45) is 3.97. The summed E-state index contributed by atoms with van der Waals surface area (Å²) in [4.78, 5) is 12.5. The topological polar surface area (TPSA) is 46.5 Å². The first-order valence-electron chi connectivity index (χ1n) is 10.1. The highest BCUT2D eigenvalue weighted by atomic mass is 16.5. The van der Waals surface area contributed by atoms with Crippen molar-refractivity contribution in [2.75, 3.05) is 0 Å². The SMILES string of the molecule is C=C(C(=O)Oc1ccc(C(C)(C)c2ccc(O)cc2)cc1)C(CCC)CCC. The molecule has 0 heterocycles. The average molecular weight is 381 g/mol. The second-order valence-electron chi connectivity index (χ2n) is 7.89. The second-order valence-corrected chi connectivity index (χ2v) is 7.89. The minimum absolute atomic E-state index is 0.190. The normalized spacial score (nSPS) is 11.5. The van der Waals surface area contributed by atoms with Gasteiger partial charge in [-0.05, 0) is 54.2 Å². The van der Waals surface area contributed by atoms with Crippen molar-refractivity contribution in [2.45, 2.75) is 58.8 Å². The van der Waals surface area contributed by atoms with Gasteiger partial charge in [0.2, 0.25) is 0 Å². The van der Waals surface area contributed by atoms with E-state index in [0.29, 0.717) is 11.3 Å². The molecule has 0 saturated carbocycles. The van der Waals surface area contributed by atoms with E-state index in [4.69, 9.17) is 4.74 Å². The summed E-state index contributed by atoms with van der Waals surface area (Å²) in [6.45, 7) is 12.5. The number of benzene rings is 2. The molecule has 1 N–H and O–H groups in total. The lowest BCUT2D eigenvalue weighted by atomic mass is 9.78. The van der Waals surface area contributed by atoms with Crippen LogP contribution in [-0.2, 0) is 10.2 Å². The summed E-state index contributed by atoms with van der Waals surface area (Å²) in [7, 11) is 0. The first kappa shape index (κ1) is 21.7. The predicted octanol–water partition coefficient (Wildman–Crippen LogP) is 6.40. The third-order valence-corrected chi connectivity index (χ3v) is 5.40. The maximum absolute atomic E-state index is 12.5. The quantitative estimate of drug-likeness (QED) is 0.311. The van der Waals surface area contributed by atoms with Gasteiger partial charge in [-0.15, -0.1) is 0 Å². The molecule has 3 heteroatoms. The van der Waals surface area contributed by atoms with Crippen molar-refractivity contribution in [1.29, 1.82) is 0 Å². The fraction of sp³-hybridized carbons (Fsp3) is 0.400. The molecule has 0 radical (unpaired) electrons. The molecular weight excluding hydrogens is 348 g/mol. The number of esters is 1. The second kappa shape index (κ2) is 9.59. The number of phenols is 1. The van der Waals surface area contributed by atoms with Gasteiger partial charge in [-0.1, -0.05) is 71.4 Å². The van der Waals surface area contributed by atoms with Crippen LogP contribution in [0.15, 0.2) is 60.7 Å². The Balaban J connectivity index is 2.10. The minimum atomic E-state index is -0.336. The molecule has 2 aromatic rings. The van der Waals surface area contributed by atoms with E-state index in [1.807, 2.05) is 36.4 Å². The van der Waals surface area contributed by atoms with Gasteiger partial charge in [0.1, 0.15) is 11.5 Å². The van der Waals surface area contributed by atoms with Crippen LogP contribution in [0.1, 0.15) is 64.5 Å². The Kier molecular flexibility index (Phi) is 7.45. The zero-order valence-electron chi connectivity index (χ0n) is 17.5. The lowest BCUT2D eigenvalue weighted by molar-refractivity contribution is -0.130. The Morgan fingerprint density at radius 1 is 0.964 bits per heavy atom. The van der Waals surface area contributed by atoms with E-state index in [9.17, 15) is 9.90 Å². The van der Waals surface area contributed by atoms with Gasteiger partial charge in [0, 0.05) is 11.0 Å². The highest BCUT2D eigenvalue weighted by molar-refractivity contribution is 5.90. The molecular formula is C25H32O3. The van der Waals surface area contributed by atoms with E-state index >= 15 is 0 Å². The number of ether oxygens (including phenoxy) is 1. The molecule has 0 unspecified atom stereocenters. The predicted molar refractivity (Wildman–Crippen MR) is 115 cm³/mol. The van der Waals surface area contributed by atoms with E-state index < -0.39 is 0 Å². The molecule has 3 nitrogen and oxygen atoms in total. The number of hydrogen-bond acceptors (Lipinski definition) is 3. The summed E-state index contributed by atoms with van der Waals surface area (Å²) in [6, 6.07) is 14.9. The molecule has 0 amide bonds. The lowest BCUT2D eigenvalue weighted by Gasteiger charge is -2.26. The first-order chi connectivity index (χ1) is 13.3. The molecule has 2 aromatic carbocycles. The minimum Gasteiger partial charge on any atom is -0.508 e. The van der Waals surface area contributed by atoms with Crippen LogP contribution in [0.4, 0.5) is 0 Å². The van der Waals surface area contributed by atoms with Crippen LogP contribution in [0.5, 0.6) is 11.5 Å². The number of hydrogen-bond donors (Lipinski definition) is 1. The van der Waals surface area contributed by atoms with E-state index in [1.165, 1.54) is 0 Å². The fourth-order valence-electron chi connectivity index (χ4n) is 3.51. The van der Waals surface area contributed by atoms with Gasteiger partial charge in [-0.2, -0.15) is 0 Å². The standard InChI is InChI=1S/C25H32O3/c1-6-8-19(9-7-2)18(3)24(27)28-23-16-12-21(13-17-23)25(4,5)20-10-14-22(26)15-11-20/h10-17,19,26H,3,6-9H2,1-2,4-5H3. The number of carbonyl (C=O) groups excluding carboxylic acids is 1. The van der Waals surface area contributed by atoms with E-state index in [-0.39, 0.29) is 23.1 Å². The summed E-state index contributed by atoms with van der Waals surface area (Å²) in [5.74, 6) is 0.641. The molecule has 0 aliphatic heterocycles. The van der Waals surface area contributed by atoms with Crippen LogP contribution < -0.4 is 4.74 Å². The number of rotatable bonds is 9. The van der Waals surface area contributed by atoms with Gasteiger partial charge in [-0.3, -0.25) is 0 Å². The molecule has 150 valence electrons. The van der Waals surface area contributed by atoms with Crippen LogP contribution in [0.2, 0.25) is 0 Å². The Bertz CT molecular complexity index is 780. The van der Waals surface area contributed by atoms with Crippen LogP contribution in [-0.4, -0.2) is 11.1 Å². The van der Waals surface area contributed by atoms with Crippen molar-refractivity contribution in [3.05, 3.63) is 71.8 Å². The smallest absolute Gasteiger partial charge is 0.339 e. The van der Waals surface area contributed by atoms with Gasteiger partial charge >= 0.3 is 5.97 Å². The Morgan fingerprint density at radius 3 is 1.89 bits per heavy atom. The highest BCUT2D eigenvalue weighted by Gasteiger charge is 2.24. The molecule has 0 bridgehead atoms. The third-order valence-electron chi connectivity index (χ3n) is 5.40. The summed E-state index contributed by atoms with van der Waals surface area (Å²) in [5.41, 5.74) is 2.54. The Morgan fingerprint density at radius 2 is 1.43 bits per heavy atom. The summed E-state index contributed by atoms with van der Waals surface area (Å²) >= 11 is 0. The third kappa shape index (κ3) is 5.25. The molecule has 2 rings (SSSR count). The number of aromatic hydroxyl groups is 1. The van der Waals surface area contributed by atoms with Gasteiger partial charge < -0.3 is 9.84 Å². The summed E-state index contributed by atoms with van der Waals surface area (Å²) < 4.78 is 5.57. The molecule has 0 spiro atoms. The largest absolute Gasteiger partial charge is 0.508 e. The maximum Gasteiger partial charge on any atom is 0.339 e. The van der Waals surface area contributed by atoms with Crippen molar-refractivity contribution in [3.63, 3.8) is 0 Å². The van der Waals surface area contributed by atoms with Gasteiger partial charge in [0.25, 0.3) is 0 Å². The zero-order chi connectivity index (χ0) is 20.7. The maximum atomic E-state index is 12.5. The fourth-order valence-corrected chi connectivity index (χ4v) is 3.51. The average Bonchev–Trinajstić information content (AvgIpc) is 2.68. The molecule has 0 aliphatic carbocycles. The van der Waals surface area contributed by atoms with Crippen LogP contribution in [0.3, 0.4) is 0 Å². The monoisotopic (exact) mass is 380 g/mol. The lowest BCUT2D eigenvalue weighted by Crippen LogP contribution is -2.19. The Labute approximate surface area is 169 Å². The molecule has 0 aromatic heterocycles.